The first-order valence-corrected chi connectivity index (χ1v) is 6.15. The second-order valence-electron chi connectivity index (χ2n) is 2.42. The SMILES string of the molecule is CC[SiH](CC)C(OC)OC. The van der Waals surface area contributed by atoms with Crippen molar-refractivity contribution in [2.24, 2.45) is 0 Å². The van der Waals surface area contributed by atoms with Crippen molar-refractivity contribution in [1.29, 1.82) is 0 Å². The van der Waals surface area contributed by atoms with Crippen molar-refractivity contribution in [1.82, 2.24) is 0 Å². The molecule has 0 radical (unpaired) electrons. The lowest BCUT2D eigenvalue weighted by Crippen LogP contribution is -2.32. The summed E-state index contributed by atoms with van der Waals surface area (Å²) < 4.78 is 10.4. The van der Waals surface area contributed by atoms with Crippen molar-refractivity contribution < 1.29 is 9.47 Å². The number of hydrogen-bond acceptors (Lipinski definition) is 2. The zero-order valence-electron chi connectivity index (χ0n) is 7.39. The Morgan fingerprint density at radius 3 is 1.60 bits per heavy atom. The zero-order chi connectivity index (χ0) is 7.98. The molecular formula is C7H18O2Si. The van der Waals surface area contributed by atoms with Crippen molar-refractivity contribution >= 4 is 8.80 Å². The van der Waals surface area contributed by atoms with Crippen LogP contribution in [0.5, 0.6) is 0 Å². The van der Waals surface area contributed by atoms with E-state index in [1.54, 1.807) is 14.2 Å². The summed E-state index contributed by atoms with van der Waals surface area (Å²) in [5.74, 6) is 0.120. The van der Waals surface area contributed by atoms with E-state index in [-0.39, 0.29) is 5.91 Å². The largest absolute Gasteiger partial charge is 0.360 e. The Balaban J connectivity index is 3.70. The third kappa shape index (κ3) is 2.81. The van der Waals surface area contributed by atoms with Gasteiger partial charge in [-0.3, -0.25) is 0 Å². The first-order chi connectivity index (χ1) is 4.79. The Hall–Kier alpha value is 0.137. The molecule has 0 bridgehead atoms. The molecule has 0 saturated heterocycles. The molecule has 0 unspecified atom stereocenters. The van der Waals surface area contributed by atoms with E-state index < -0.39 is 8.80 Å². The lowest BCUT2D eigenvalue weighted by atomic mass is 10.9. The highest BCUT2D eigenvalue weighted by Crippen LogP contribution is 2.06. The molecule has 0 aromatic heterocycles. The smallest absolute Gasteiger partial charge is 0.137 e. The van der Waals surface area contributed by atoms with Gasteiger partial charge in [-0.15, -0.1) is 0 Å². The Labute approximate surface area is 65.1 Å². The quantitative estimate of drug-likeness (QED) is 0.449. The first kappa shape index (κ1) is 10.1. The molecule has 0 aromatic rings. The highest BCUT2D eigenvalue weighted by atomic mass is 28.3. The van der Waals surface area contributed by atoms with Gasteiger partial charge in [0, 0.05) is 14.2 Å². The summed E-state index contributed by atoms with van der Waals surface area (Å²) in [6, 6.07) is 2.51. The topological polar surface area (TPSA) is 18.5 Å². The van der Waals surface area contributed by atoms with Crippen LogP contribution in [0.25, 0.3) is 0 Å². The van der Waals surface area contributed by atoms with E-state index in [1.165, 1.54) is 12.1 Å². The minimum absolute atomic E-state index is 0.120. The van der Waals surface area contributed by atoms with Crippen molar-refractivity contribution in [2.45, 2.75) is 31.8 Å². The van der Waals surface area contributed by atoms with E-state index in [0.717, 1.165) is 0 Å². The highest BCUT2D eigenvalue weighted by molar-refractivity contribution is 6.59. The molecule has 0 aliphatic carbocycles. The van der Waals surface area contributed by atoms with Gasteiger partial charge in [-0.1, -0.05) is 25.9 Å². The summed E-state index contributed by atoms with van der Waals surface area (Å²) in [5.41, 5.74) is 0. The summed E-state index contributed by atoms with van der Waals surface area (Å²) in [4.78, 5) is 0. The lowest BCUT2D eigenvalue weighted by molar-refractivity contribution is -0.0473. The van der Waals surface area contributed by atoms with Gasteiger partial charge in [0.1, 0.15) is 14.7 Å². The van der Waals surface area contributed by atoms with E-state index in [4.69, 9.17) is 9.47 Å². The van der Waals surface area contributed by atoms with Crippen LogP contribution in [0.4, 0.5) is 0 Å². The molecule has 0 amide bonds. The summed E-state index contributed by atoms with van der Waals surface area (Å²) in [5, 5.41) is 0. The molecule has 0 aliphatic heterocycles. The third-order valence-electron chi connectivity index (χ3n) is 1.90. The first-order valence-electron chi connectivity index (χ1n) is 3.85. The molecule has 10 heavy (non-hydrogen) atoms. The minimum atomic E-state index is -0.752. The predicted octanol–water partition coefficient (Wildman–Crippen LogP) is 1.41. The fourth-order valence-electron chi connectivity index (χ4n) is 1.15. The minimum Gasteiger partial charge on any atom is -0.360 e. The van der Waals surface area contributed by atoms with Crippen LogP contribution in [0.1, 0.15) is 13.8 Å². The molecule has 0 spiro atoms. The summed E-state index contributed by atoms with van der Waals surface area (Å²) in [6.45, 7) is 4.43. The maximum atomic E-state index is 5.18. The van der Waals surface area contributed by atoms with Gasteiger partial charge in [0.05, 0.1) is 0 Å². The Kier molecular flexibility index (Phi) is 5.97. The van der Waals surface area contributed by atoms with Crippen molar-refractivity contribution in [3.8, 4) is 0 Å². The molecule has 0 saturated carbocycles. The molecule has 0 aliphatic rings. The van der Waals surface area contributed by atoms with E-state index >= 15 is 0 Å². The second kappa shape index (κ2) is 5.89. The molecule has 0 atom stereocenters. The van der Waals surface area contributed by atoms with Gasteiger partial charge in [0.2, 0.25) is 0 Å². The van der Waals surface area contributed by atoms with E-state index in [1.807, 2.05) is 0 Å². The Morgan fingerprint density at radius 1 is 1.10 bits per heavy atom. The summed E-state index contributed by atoms with van der Waals surface area (Å²) >= 11 is 0. The zero-order valence-corrected chi connectivity index (χ0v) is 8.54. The third-order valence-corrected chi connectivity index (χ3v) is 5.31. The molecule has 0 aromatic carbocycles. The van der Waals surface area contributed by atoms with Crippen LogP contribution in [-0.2, 0) is 9.47 Å². The molecule has 0 rings (SSSR count). The highest BCUT2D eigenvalue weighted by Gasteiger charge is 2.17. The van der Waals surface area contributed by atoms with E-state index in [2.05, 4.69) is 13.8 Å². The standard InChI is InChI=1S/C7H18O2Si/c1-5-10(6-2)7(8-3)9-4/h7,10H,5-6H2,1-4H3. The fourth-order valence-corrected chi connectivity index (χ4v) is 3.27. The van der Waals surface area contributed by atoms with Crippen LogP contribution in [-0.4, -0.2) is 28.9 Å². The molecule has 0 N–H and O–H groups in total. The van der Waals surface area contributed by atoms with Gasteiger partial charge >= 0.3 is 0 Å². The maximum Gasteiger partial charge on any atom is 0.137 e. The van der Waals surface area contributed by atoms with Crippen LogP contribution in [0.2, 0.25) is 12.1 Å². The summed E-state index contributed by atoms with van der Waals surface area (Å²) in [7, 11) is 2.69. The van der Waals surface area contributed by atoms with E-state index in [9.17, 15) is 0 Å². The van der Waals surface area contributed by atoms with Gasteiger partial charge in [-0.25, -0.2) is 0 Å². The van der Waals surface area contributed by atoms with Gasteiger partial charge in [-0.05, 0) is 0 Å². The molecular weight excluding hydrogens is 144 g/mol. The lowest BCUT2D eigenvalue weighted by Gasteiger charge is -2.20. The monoisotopic (exact) mass is 162 g/mol. The molecule has 3 heteroatoms. The van der Waals surface area contributed by atoms with Gasteiger partial charge in [-0.2, -0.15) is 0 Å². The summed E-state index contributed by atoms with van der Waals surface area (Å²) in [6.07, 6.45) is 0. The maximum absolute atomic E-state index is 5.18. The van der Waals surface area contributed by atoms with Crippen molar-refractivity contribution in [3.05, 3.63) is 0 Å². The molecule has 2 nitrogen and oxygen atoms in total. The fraction of sp³-hybridized carbons (Fsp3) is 1.00. The van der Waals surface area contributed by atoms with Crippen molar-refractivity contribution in [3.63, 3.8) is 0 Å². The predicted molar refractivity (Wildman–Crippen MR) is 45.9 cm³/mol. The van der Waals surface area contributed by atoms with Gasteiger partial charge in [0.25, 0.3) is 0 Å². The van der Waals surface area contributed by atoms with Gasteiger partial charge < -0.3 is 9.47 Å². The number of ether oxygens (including phenoxy) is 2. The molecule has 0 heterocycles. The normalized spacial score (nSPS) is 11.4. The Morgan fingerprint density at radius 2 is 1.50 bits per heavy atom. The second-order valence-corrected chi connectivity index (χ2v) is 6.11. The molecule has 0 fully saturated rings. The average Bonchev–Trinajstić information content (AvgIpc) is 2.00. The van der Waals surface area contributed by atoms with Crippen LogP contribution >= 0.6 is 0 Å². The van der Waals surface area contributed by atoms with Crippen molar-refractivity contribution in [2.75, 3.05) is 14.2 Å². The Bertz CT molecular complexity index is 60.0. The van der Waals surface area contributed by atoms with Gasteiger partial charge in [0.15, 0.2) is 0 Å². The van der Waals surface area contributed by atoms with Crippen LogP contribution < -0.4 is 0 Å². The van der Waals surface area contributed by atoms with E-state index in [0.29, 0.717) is 0 Å². The van der Waals surface area contributed by atoms with Crippen LogP contribution in [0, 0.1) is 0 Å². The number of methoxy groups -OCH3 is 2. The van der Waals surface area contributed by atoms with Crippen LogP contribution in [0.15, 0.2) is 0 Å². The molecule has 62 valence electrons. The average molecular weight is 162 g/mol. The number of rotatable bonds is 5. The van der Waals surface area contributed by atoms with Crippen LogP contribution in [0.3, 0.4) is 0 Å². The number of hydrogen-bond donors (Lipinski definition) is 0.